The minimum Gasteiger partial charge on any atom is -0.481 e. The molecule has 2 atom stereocenters. The lowest BCUT2D eigenvalue weighted by atomic mass is 9.89. The molecule has 22 heavy (non-hydrogen) atoms. The van der Waals surface area contributed by atoms with E-state index in [1.807, 2.05) is 42.5 Å². The zero-order valence-electron chi connectivity index (χ0n) is 12.7. The second-order valence-electron chi connectivity index (χ2n) is 5.88. The van der Waals surface area contributed by atoms with Gasteiger partial charge in [-0.2, -0.15) is 0 Å². The second kappa shape index (κ2) is 6.36. The van der Waals surface area contributed by atoms with Crippen LogP contribution < -0.4 is 0 Å². The van der Waals surface area contributed by atoms with E-state index < -0.39 is 5.97 Å². The maximum atomic E-state index is 11.6. The van der Waals surface area contributed by atoms with Crippen molar-refractivity contribution in [3.63, 3.8) is 0 Å². The molecule has 4 heteroatoms. The number of carboxylic acid groups (broad SMARTS) is 1. The van der Waals surface area contributed by atoms with Gasteiger partial charge in [0.2, 0.25) is 0 Å². The van der Waals surface area contributed by atoms with Gasteiger partial charge in [-0.25, -0.2) is 0 Å². The lowest BCUT2D eigenvalue weighted by molar-refractivity contribution is -0.141. The van der Waals surface area contributed by atoms with E-state index >= 15 is 0 Å². The maximum absolute atomic E-state index is 11.6. The zero-order chi connectivity index (χ0) is 15.5. The Morgan fingerprint density at radius 2 is 1.91 bits per heavy atom. The average Bonchev–Trinajstić information content (AvgIpc) is 3.15. The standard InChI is InChI=1S/C18H21NO3/c1-2-14-8-9-15(22-14)10-19-11-16(17(12-19)18(20)21)13-6-4-3-5-7-13/h3-9,16-17H,2,10-12H2,1H3,(H,20,21)/t16-,17+/m1/s1. The third kappa shape index (κ3) is 3.07. The number of rotatable bonds is 5. The molecule has 2 heterocycles. The first-order valence-electron chi connectivity index (χ1n) is 7.75. The highest BCUT2D eigenvalue weighted by Gasteiger charge is 2.38. The molecule has 0 radical (unpaired) electrons. The number of furan rings is 1. The van der Waals surface area contributed by atoms with Crippen LogP contribution in [0.3, 0.4) is 0 Å². The van der Waals surface area contributed by atoms with Gasteiger partial charge in [-0.15, -0.1) is 0 Å². The number of hydrogen-bond acceptors (Lipinski definition) is 3. The van der Waals surface area contributed by atoms with E-state index in [0.717, 1.165) is 30.0 Å². The van der Waals surface area contributed by atoms with Crippen molar-refractivity contribution >= 4 is 5.97 Å². The molecule has 3 rings (SSSR count). The number of carbonyl (C=O) groups is 1. The van der Waals surface area contributed by atoms with E-state index in [4.69, 9.17) is 4.42 Å². The van der Waals surface area contributed by atoms with Gasteiger partial charge in [0.1, 0.15) is 11.5 Å². The Balaban J connectivity index is 1.74. The number of likely N-dealkylation sites (tertiary alicyclic amines) is 1. The van der Waals surface area contributed by atoms with Gasteiger partial charge in [-0.3, -0.25) is 9.69 Å². The van der Waals surface area contributed by atoms with Gasteiger partial charge >= 0.3 is 5.97 Å². The molecular weight excluding hydrogens is 278 g/mol. The van der Waals surface area contributed by atoms with Crippen molar-refractivity contribution in [3.05, 3.63) is 59.5 Å². The first-order valence-corrected chi connectivity index (χ1v) is 7.75. The van der Waals surface area contributed by atoms with Crippen molar-refractivity contribution in [1.29, 1.82) is 0 Å². The first kappa shape index (κ1) is 14.9. The van der Waals surface area contributed by atoms with Crippen LogP contribution in [0, 0.1) is 5.92 Å². The van der Waals surface area contributed by atoms with Gasteiger partial charge < -0.3 is 9.52 Å². The topological polar surface area (TPSA) is 53.7 Å². The highest BCUT2D eigenvalue weighted by atomic mass is 16.4. The molecule has 1 aromatic carbocycles. The van der Waals surface area contributed by atoms with Gasteiger partial charge in [-0.1, -0.05) is 37.3 Å². The minimum atomic E-state index is -0.718. The Morgan fingerprint density at radius 3 is 2.55 bits per heavy atom. The molecule has 0 spiro atoms. The normalized spacial score (nSPS) is 22.0. The molecule has 1 aromatic heterocycles. The SMILES string of the molecule is CCc1ccc(CN2C[C@H](C(=O)O)[C@@H](c3ccccc3)C2)o1. The Kier molecular flexibility index (Phi) is 4.29. The molecule has 116 valence electrons. The number of hydrogen-bond donors (Lipinski definition) is 1. The zero-order valence-corrected chi connectivity index (χ0v) is 12.7. The van der Waals surface area contributed by atoms with Crippen molar-refractivity contribution in [1.82, 2.24) is 4.90 Å². The van der Waals surface area contributed by atoms with Crippen LogP contribution in [-0.2, 0) is 17.8 Å². The van der Waals surface area contributed by atoms with Gasteiger partial charge in [-0.05, 0) is 17.7 Å². The predicted octanol–water partition coefficient (Wildman–Crippen LogP) is 3.14. The fourth-order valence-corrected chi connectivity index (χ4v) is 3.22. The predicted molar refractivity (Wildman–Crippen MR) is 83.7 cm³/mol. The number of benzene rings is 1. The van der Waals surface area contributed by atoms with Gasteiger partial charge in [0, 0.05) is 25.4 Å². The van der Waals surface area contributed by atoms with Crippen LogP contribution in [0.15, 0.2) is 46.9 Å². The molecule has 1 saturated heterocycles. The Bertz CT molecular complexity index is 635. The fourth-order valence-electron chi connectivity index (χ4n) is 3.22. The molecule has 1 aliphatic rings. The largest absolute Gasteiger partial charge is 0.481 e. The van der Waals surface area contributed by atoms with Gasteiger partial charge in [0.15, 0.2) is 0 Å². The lowest BCUT2D eigenvalue weighted by Crippen LogP contribution is -2.23. The summed E-state index contributed by atoms with van der Waals surface area (Å²) in [5, 5.41) is 9.52. The van der Waals surface area contributed by atoms with Crippen molar-refractivity contribution in [2.75, 3.05) is 13.1 Å². The second-order valence-corrected chi connectivity index (χ2v) is 5.88. The third-order valence-corrected chi connectivity index (χ3v) is 4.39. The quantitative estimate of drug-likeness (QED) is 0.921. The van der Waals surface area contributed by atoms with Gasteiger partial charge in [0.05, 0.1) is 12.5 Å². The third-order valence-electron chi connectivity index (χ3n) is 4.39. The Hall–Kier alpha value is -2.07. The van der Waals surface area contributed by atoms with Crippen molar-refractivity contribution in [3.8, 4) is 0 Å². The van der Waals surface area contributed by atoms with Crippen molar-refractivity contribution in [2.45, 2.75) is 25.8 Å². The summed E-state index contributed by atoms with van der Waals surface area (Å²) in [6.07, 6.45) is 0.879. The monoisotopic (exact) mass is 299 g/mol. The number of nitrogens with zero attached hydrogens (tertiary/aromatic N) is 1. The molecule has 0 bridgehead atoms. The number of aryl methyl sites for hydroxylation is 1. The molecule has 1 aliphatic heterocycles. The highest BCUT2D eigenvalue weighted by Crippen LogP contribution is 2.33. The summed E-state index contributed by atoms with van der Waals surface area (Å²) < 4.78 is 5.74. The van der Waals surface area contributed by atoms with Crippen LogP contribution in [0.5, 0.6) is 0 Å². The van der Waals surface area contributed by atoms with Crippen LogP contribution in [-0.4, -0.2) is 29.1 Å². The van der Waals surface area contributed by atoms with E-state index in [1.54, 1.807) is 0 Å². The lowest BCUT2D eigenvalue weighted by Gasteiger charge is -2.15. The van der Waals surface area contributed by atoms with Crippen LogP contribution in [0.25, 0.3) is 0 Å². The fraction of sp³-hybridized carbons (Fsp3) is 0.389. The summed E-state index contributed by atoms with van der Waals surface area (Å²) in [5.74, 6) is 0.852. The van der Waals surface area contributed by atoms with Crippen LogP contribution in [0.4, 0.5) is 0 Å². The van der Waals surface area contributed by atoms with Crippen molar-refractivity contribution < 1.29 is 14.3 Å². The molecule has 0 unspecified atom stereocenters. The molecule has 0 amide bonds. The van der Waals surface area contributed by atoms with Crippen molar-refractivity contribution in [2.24, 2.45) is 5.92 Å². The summed E-state index contributed by atoms with van der Waals surface area (Å²) in [6, 6.07) is 13.9. The van der Waals surface area contributed by atoms with Crippen LogP contribution >= 0.6 is 0 Å². The Morgan fingerprint density at radius 1 is 1.18 bits per heavy atom. The molecular formula is C18H21NO3. The van der Waals surface area contributed by atoms with Crippen LogP contribution in [0.1, 0.15) is 29.9 Å². The highest BCUT2D eigenvalue weighted by molar-refractivity contribution is 5.72. The van der Waals surface area contributed by atoms with E-state index in [0.29, 0.717) is 13.1 Å². The van der Waals surface area contributed by atoms with Crippen LogP contribution in [0.2, 0.25) is 0 Å². The number of carboxylic acids is 1. The van der Waals surface area contributed by atoms with E-state index in [-0.39, 0.29) is 11.8 Å². The summed E-state index contributed by atoms with van der Waals surface area (Å²) in [7, 11) is 0. The molecule has 1 fully saturated rings. The maximum Gasteiger partial charge on any atom is 0.308 e. The van der Waals surface area contributed by atoms with Gasteiger partial charge in [0.25, 0.3) is 0 Å². The Labute approximate surface area is 130 Å². The molecule has 4 nitrogen and oxygen atoms in total. The molecule has 0 aliphatic carbocycles. The van der Waals surface area contributed by atoms with E-state index in [9.17, 15) is 9.90 Å². The average molecular weight is 299 g/mol. The molecule has 0 saturated carbocycles. The summed E-state index contributed by atoms with van der Waals surface area (Å²) in [6.45, 7) is 4.05. The first-order chi connectivity index (χ1) is 10.7. The molecule has 1 N–H and O–H groups in total. The number of aliphatic carboxylic acids is 1. The smallest absolute Gasteiger partial charge is 0.308 e. The van der Waals surface area contributed by atoms with E-state index in [2.05, 4.69) is 11.8 Å². The summed E-state index contributed by atoms with van der Waals surface area (Å²) >= 11 is 0. The minimum absolute atomic E-state index is 0.0410. The van der Waals surface area contributed by atoms with E-state index in [1.165, 1.54) is 0 Å². The summed E-state index contributed by atoms with van der Waals surface area (Å²) in [4.78, 5) is 13.8. The summed E-state index contributed by atoms with van der Waals surface area (Å²) in [5.41, 5.74) is 1.10. The molecule has 2 aromatic rings.